The molecule has 0 aromatic carbocycles. The van der Waals surface area contributed by atoms with E-state index in [1.165, 1.54) is 0 Å². The van der Waals surface area contributed by atoms with Gasteiger partial charge in [0.1, 0.15) is 5.76 Å². The predicted molar refractivity (Wildman–Crippen MR) is 80.6 cm³/mol. The van der Waals surface area contributed by atoms with E-state index in [2.05, 4.69) is 10.5 Å². The highest BCUT2D eigenvalue weighted by atomic mass is 16.5. The van der Waals surface area contributed by atoms with Crippen molar-refractivity contribution in [3.05, 3.63) is 34.8 Å². The van der Waals surface area contributed by atoms with Gasteiger partial charge in [-0.15, -0.1) is 0 Å². The number of rotatable bonds is 5. The fourth-order valence-corrected chi connectivity index (χ4v) is 2.25. The van der Waals surface area contributed by atoms with E-state index in [1.54, 1.807) is 0 Å². The van der Waals surface area contributed by atoms with Gasteiger partial charge < -0.3 is 15.6 Å². The van der Waals surface area contributed by atoms with E-state index < -0.39 is 0 Å². The molecule has 0 aliphatic heterocycles. The number of hydrogen-bond donors (Lipinski definition) is 2. The van der Waals surface area contributed by atoms with Crippen LogP contribution in [0.3, 0.4) is 0 Å². The molecule has 0 bridgehead atoms. The minimum Gasteiger partial charge on any atom is -0.360 e. The van der Waals surface area contributed by atoms with E-state index in [0.29, 0.717) is 24.5 Å². The molecular weight excluding hydrogens is 268 g/mol. The Bertz CT molecular complexity index is 642. The maximum Gasteiger partial charge on any atom is 0.253 e. The average Bonchev–Trinajstić information content (AvgIpc) is 2.99. The molecular formula is C15H22N4O2. The molecule has 1 atom stereocenters. The van der Waals surface area contributed by atoms with Crippen LogP contribution >= 0.6 is 0 Å². The largest absolute Gasteiger partial charge is 0.360 e. The van der Waals surface area contributed by atoms with Crippen molar-refractivity contribution in [3.8, 4) is 5.82 Å². The van der Waals surface area contributed by atoms with E-state index in [0.717, 1.165) is 17.1 Å². The van der Waals surface area contributed by atoms with Gasteiger partial charge in [-0.1, -0.05) is 12.1 Å². The first-order valence-corrected chi connectivity index (χ1v) is 7.05. The number of nitrogens with zero attached hydrogens (tertiary/aromatic N) is 2. The summed E-state index contributed by atoms with van der Waals surface area (Å²) in [7, 11) is 0. The standard InChI is InChI=1S/C15H22N4O2/c1-9(7-16)8-17-15(20)13-5-10(2)19(12(13)4)14-6-11(3)21-18-14/h5-6,9H,7-8,16H2,1-4H3,(H,17,20). The molecule has 2 heterocycles. The van der Waals surface area contributed by atoms with Crippen molar-refractivity contribution in [1.82, 2.24) is 15.0 Å². The lowest BCUT2D eigenvalue weighted by molar-refractivity contribution is 0.0948. The normalized spacial score (nSPS) is 12.4. The summed E-state index contributed by atoms with van der Waals surface area (Å²) in [5, 5.41) is 6.92. The van der Waals surface area contributed by atoms with Crippen molar-refractivity contribution in [1.29, 1.82) is 0 Å². The summed E-state index contributed by atoms with van der Waals surface area (Å²) >= 11 is 0. The third-order valence-corrected chi connectivity index (χ3v) is 3.53. The van der Waals surface area contributed by atoms with Crippen LogP contribution in [0, 0.1) is 26.7 Å². The number of carbonyl (C=O) groups excluding carboxylic acids is 1. The van der Waals surface area contributed by atoms with Crippen LogP contribution in [0.15, 0.2) is 16.7 Å². The topological polar surface area (TPSA) is 86.1 Å². The molecule has 0 spiro atoms. The summed E-state index contributed by atoms with van der Waals surface area (Å²) in [6.07, 6.45) is 0. The summed E-state index contributed by atoms with van der Waals surface area (Å²) < 4.78 is 7.02. The predicted octanol–water partition coefficient (Wildman–Crippen LogP) is 1.72. The highest BCUT2D eigenvalue weighted by Gasteiger charge is 2.18. The van der Waals surface area contributed by atoms with Crippen molar-refractivity contribution >= 4 is 5.91 Å². The molecule has 2 aromatic rings. The first kappa shape index (κ1) is 15.3. The average molecular weight is 290 g/mol. The van der Waals surface area contributed by atoms with E-state index in [4.69, 9.17) is 10.3 Å². The van der Waals surface area contributed by atoms with Gasteiger partial charge in [-0.05, 0) is 39.3 Å². The van der Waals surface area contributed by atoms with Gasteiger partial charge in [-0.3, -0.25) is 9.36 Å². The summed E-state index contributed by atoms with van der Waals surface area (Å²) in [5.41, 5.74) is 8.00. The van der Waals surface area contributed by atoms with Crippen LogP contribution < -0.4 is 11.1 Å². The molecule has 114 valence electrons. The van der Waals surface area contributed by atoms with Crippen LogP contribution in [0.2, 0.25) is 0 Å². The lowest BCUT2D eigenvalue weighted by Crippen LogP contribution is -2.31. The second-order valence-corrected chi connectivity index (χ2v) is 5.47. The van der Waals surface area contributed by atoms with Gasteiger partial charge in [0.15, 0.2) is 5.82 Å². The summed E-state index contributed by atoms with van der Waals surface area (Å²) in [6.45, 7) is 8.81. The number of aromatic nitrogens is 2. The first-order valence-electron chi connectivity index (χ1n) is 7.05. The number of aryl methyl sites for hydroxylation is 2. The zero-order chi connectivity index (χ0) is 15.6. The third kappa shape index (κ3) is 3.16. The van der Waals surface area contributed by atoms with Crippen LogP contribution in [0.4, 0.5) is 0 Å². The Hall–Kier alpha value is -2.08. The van der Waals surface area contributed by atoms with Crippen molar-refractivity contribution in [3.63, 3.8) is 0 Å². The second-order valence-electron chi connectivity index (χ2n) is 5.47. The van der Waals surface area contributed by atoms with Crippen LogP contribution in [0.1, 0.15) is 34.4 Å². The summed E-state index contributed by atoms with van der Waals surface area (Å²) in [6, 6.07) is 3.71. The van der Waals surface area contributed by atoms with E-state index in [9.17, 15) is 4.79 Å². The third-order valence-electron chi connectivity index (χ3n) is 3.53. The van der Waals surface area contributed by atoms with Crippen LogP contribution in [0.5, 0.6) is 0 Å². The lowest BCUT2D eigenvalue weighted by Gasteiger charge is -2.10. The van der Waals surface area contributed by atoms with Gasteiger partial charge in [0, 0.05) is 24.0 Å². The fraction of sp³-hybridized carbons (Fsp3) is 0.467. The molecule has 0 aliphatic carbocycles. The van der Waals surface area contributed by atoms with Gasteiger partial charge in [0.25, 0.3) is 5.91 Å². The molecule has 0 fully saturated rings. The van der Waals surface area contributed by atoms with Crippen molar-refractivity contribution in [2.75, 3.05) is 13.1 Å². The molecule has 0 aliphatic rings. The van der Waals surface area contributed by atoms with Crippen molar-refractivity contribution in [2.24, 2.45) is 11.7 Å². The molecule has 2 rings (SSSR count). The Morgan fingerprint density at radius 3 is 2.71 bits per heavy atom. The molecule has 3 N–H and O–H groups in total. The Labute approximate surface area is 124 Å². The van der Waals surface area contributed by atoms with Gasteiger partial charge in [-0.25, -0.2) is 0 Å². The number of nitrogens with two attached hydrogens (primary N) is 1. The summed E-state index contributed by atoms with van der Waals surface area (Å²) in [5.74, 6) is 1.60. The Morgan fingerprint density at radius 2 is 2.14 bits per heavy atom. The number of amides is 1. The molecule has 0 saturated heterocycles. The Balaban J connectivity index is 2.25. The molecule has 1 unspecified atom stereocenters. The molecule has 6 nitrogen and oxygen atoms in total. The number of hydrogen-bond acceptors (Lipinski definition) is 4. The Kier molecular flexibility index (Phi) is 4.47. The van der Waals surface area contributed by atoms with Gasteiger partial charge in [-0.2, -0.15) is 0 Å². The maximum atomic E-state index is 12.3. The fourth-order valence-electron chi connectivity index (χ4n) is 2.25. The molecule has 6 heteroatoms. The number of nitrogens with one attached hydrogen (secondary N) is 1. The van der Waals surface area contributed by atoms with Crippen molar-refractivity contribution in [2.45, 2.75) is 27.7 Å². The highest BCUT2D eigenvalue weighted by molar-refractivity contribution is 5.95. The van der Waals surface area contributed by atoms with Gasteiger partial charge in [0.05, 0.1) is 5.56 Å². The lowest BCUT2D eigenvalue weighted by atomic mass is 10.1. The minimum atomic E-state index is -0.0881. The van der Waals surface area contributed by atoms with Crippen LogP contribution in [0.25, 0.3) is 5.82 Å². The van der Waals surface area contributed by atoms with Crippen molar-refractivity contribution < 1.29 is 9.32 Å². The highest BCUT2D eigenvalue weighted by Crippen LogP contribution is 2.20. The maximum absolute atomic E-state index is 12.3. The number of carbonyl (C=O) groups is 1. The van der Waals surface area contributed by atoms with Crippen LogP contribution in [-0.4, -0.2) is 28.7 Å². The van der Waals surface area contributed by atoms with E-state index in [1.807, 2.05) is 44.4 Å². The van der Waals surface area contributed by atoms with E-state index >= 15 is 0 Å². The van der Waals surface area contributed by atoms with Gasteiger partial charge >= 0.3 is 0 Å². The first-order chi connectivity index (χ1) is 9.93. The Morgan fingerprint density at radius 1 is 1.43 bits per heavy atom. The molecule has 2 aromatic heterocycles. The second kappa shape index (κ2) is 6.13. The zero-order valence-corrected chi connectivity index (χ0v) is 12.9. The smallest absolute Gasteiger partial charge is 0.253 e. The quantitative estimate of drug-likeness (QED) is 0.877. The zero-order valence-electron chi connectivity index (χ0n) is 12.9. The minimum absolute atomic E-state index is 0.0881. The molecule has 21 heavy (non-hydrogen) atoms. The summed E-state index contributed by atoms with van der Waals surface area (Å²) in [4.78, 5) is 12.3. The SMILES string of the molecule is Cc1cc(-n2c(C)cc(C(=O)NCC(C)CN)c2C)no1. The van der Waals surface area contributed by atoms with Crippen LogP contribution in [-0.2, 0) is 0 Å². The molecule has 1 amide bonds. The molecule has 0 saturated carbocycles. The van der Waals surface area contributed by atoms with E-state index in [-0.39, 0.29) is 11.8 Å². The van der Waals surface area contributed by atoms with Gasteiger partial charge in [0.2, 0.25) is 0 Å². The molecule has 0 radical (unpaired) electrons. The monoisotopic (exact) mass is 290 g/mol.